The number of hydrogen-bond donors (Lipinski definition) is 1. The smallest absolute Gasteiger partial charge is 0.223 e. The molecule has 0 unspecified atom stereocenters. The van der Waals surface area contributed by atoms with E-state index in [1.165, 1.54) is 0 Å². The lowest BCUT2D eigenvalue weighted by atomic mass is 10.2. The van der Waals surface area contributed by atoms with Crippen LogP contribution in [-0.4, -0.2) is 42.2 Å². The summed E-state index contributed by atoms with van der Waals surface area (Å²) in [5.41, 5.74) is 1.09. The predicted molar refractivity (Wildman–Crippen MR) is 99.1 cm³/mol. The molecule has 126 valence electrons. The summed E-state index contributed by atoms with van der Waals surface area (Å²) in [6.45, 7) is 2.90. The number of rotatable bonds is 5. The van der Waals surface area contributed by atoms with Crippen molar-refractivity contribution < 1.29 is 9.26 Å². The number of aliphatic imine (C=N–C) groups is 1. The van der Waals surface area contributed by atoms with Crippen molar-refractivity contribution in [3.8, 4) is 5.75 Å². The van der Waals surface area contributed by atoms with Gasteiger partial charge in [0, 0.05) is 33.1 Å². The predicted octanol–water partition coefficient (Wildman–Crippen LogP) is 2.21. The summed E-state index contributed by atoms with van der Waals surface area (Å²) < 4.78 is 10.3. The number of aromatic nitrogens is 2. The molecule has 0 fully saturated rings. The number of nitrogens with zero attached hydrogens (tertiary/aromatic N) is 4. The van der Waals surface area contributed by atoms with E-state index in [2.05, 4.69) is 20.4 Å². The van der Waals surface area contributed by atoms with Gasteiger partial charge < -0.3 is 19.5 Å². The van der Waals surface area contributed by atoms with Gasteiger partial charge in [-0.15, -0.1) is 24.0 Å². The first kappa shape index (κ1) is 19.2. The van der Waals surface area contributed by atoms with Crippen molar-refractivity contribution in [3.05, 3.63) is 41.5 Å². The lowest BCUT2D eigenvalue weighted by molar-refractivity contribution is 0.385. The second-order valence-corrected chi connectivity index (χ2v) is 4.80. The van der Waals surface area contributed by atoms with Gasteiger partial charge in [0.05, 0.1) is 13.7 Å². The summed E-state index contributed by atoms with van der Waals surface area (Å²) in [7, 11) is 5.37. The molecular weight excluding hydrogens is 409 g/mol. The largest absolute Gasteiger partial charge is 0.496 e. The van der Waals surface area contributed by atoms with Crippen molar-refractivity contribution in [1.82, 2.24) is 20.4 Å². The maximum atomic E-state index is 5.37. The third kappa shape index (κ3) is 5.38. The van der Waals surface area contributed by atoms with E-state index in [0.717, 1.165) is 17.3 Å². The molecule has 0 aliphatic carbocycles. The molecular formula is C15H22IN5O2. The average molecular weight is 431 g/mol. The molecule has 0 atom stereocenters. The van der Waals surface area contributed by atoms with E-state index in [-0.39, 0.29) is 24.0 Å². The monoisotopic (exact) mass is 431 g/mol. The standard InChI is InChI=1S/C15H21N5O2.HI/c1-11-18-14(19-22-11)9-17-15(16-2)20(3)10-12-7-5-6-8-13(12)21-4;/h5-8H,9-10H2,1-4H3,(H,16,17);1H. The van der Waals surface area contributed by atoms with Crippen LogP contribution >= 0.6 is 24.0 Å². The molecule has 0 radical (unpaired) electrons. The highest BCUT2D eigenvalue weighted by Gasteiger charge is 2.11. The minimum Gasteiger partial charge on any atom is -0.496 e. The van der Waals surface area contributed by atoms with E-state index in [1.54, 1.807) is 21.1 Å². The Bertz CT molecular complexity index is 644. The molecule has 1 heterocycles. The molecule has 0 saturated carbocycles. The van der Waals surface area contributed by atoms with Crippen LogP contribution in [0, 0.1) is 6.92 Å². The maximum Gasteiger partial charge on any atom is 0.223 e. The van der Waals surface area contributed by atoms with Crippen LogP contribution in [0.2, 0.25) is 0 Å². The maximum absolute atomic E-state index is 5.37. The Morgan fingerprint density at radius 2 is 2.13 bits per heavy atom. The van der Waals surface area contributed by atoms with E-state index in [4.69, 9.17) is 9.26 Å². The van der Waals surface area contributed by atoms with E-state index in [0.29, 0.717) is 24.8 Å². The van der Waals surface area contributed by atoms with Crippen LogP contribution in [0.15, 0.2) is 33.8 Å². The van der Waals surface area contributed by atoms with Crippen LogP contribution in [0.1, 0.15) is 17.3 Å². The Morgan fingerprint density at radius 3 is 2.74 bits per heavy atom. The highest BCUT2D eigenvalue weighted by Crippen LogP contribution is 2.18. The van der Waals surface area contributed by atoms with Gasteiger partial charge in [0.25, 0.3) is 0 Å². The van der Waals surface area contributed by atoms with Crippen molar-refractivity contribution in [2.24, 2.45) is 4.99 Å². The van der Waals surface area contributed by atoms with Gasteiger partial charge in [-0.2, -0.15) is 4.98 Å². The molecule has 0 aliphatic heterocycles. The lowest BCUT2D eigenvalue weighted by Gasteiger charge is -2.22. The zero-order valence-corrected chi connectivity index (χ0v) is 16.1. The van der Waals surface area contributed by atoms with Gasteiger partial charge in [0.15, 0.2) is 11.8 Å². The second kappa shape index (κ2) is 9.33. The molecule has 8 heteroatoms. The molecule has 0 amide bonds. The fourth-order valence-electron chi connectivity index (χ4n) is 2.12. The number of aryl methyl sites for hydroxylation is 1. The van der Waals surface area contributed by atoms with Crippen molar-refractivity contribution >= 4 is 29.9 Å². The van der Waals surface area contributed by atoms with Crippen molar-refractivity contribution in [2.75, 3.05) is 21.2 Å². The number of methoxy groups -OCH3 is 1. The number of nitrogens with one attached hydrogen (secondary N) is 1. The summed E-state index contributed by atoms with van der Waals surface area (Å²) in [5, 5.41) is 7.06. The Labute approximate surface area is 153 Å². The third-order valence-electron chi connectivity index (χ3n) is 3.15. The van der Waals surface area contributed by atoms with Gasteiger partial charge in [-0.1, -0.05) is 23.4 Å². The second-order valence-electron chi connectivity index (χ2n) is 4.80. The molecule has 0 saturated heterocycles. The Kier molecular flexibility index (Phi) is 7.79. The first-order chi connectivity index (χ1) is 10.6. The Hall–Kier alpha value is -1.84. The lowest BCUT2D eigenvalue weighted by Crippen LogP contribution is -2.38. The van der Waals surface area contributed by atoms with Gasteiger partial charge in [0.1, 0.15) is 5.75 Å². The number of para-hydroxylation sites is 1. The Balaban J connectivity index is 0.00000264. The van der Waals surface area contributed by atoms with E-state index in [9.17, 15) is 0 Å². The fraction of sp³-hybridized carbons (Fsp3) is 0.400. The van der Waals surface area contributed by atoms with Gasteiger partial charge >= 0.3 is 0 Å². The molecule has 0 spiro atoms. The normalized spacial score (nSPS) is 10.9. The molecule has 7 nitrogen and oxygen atoms in total. The third-order valence-corrected chi connectivity index (χ3v) is 3.15. The molecule has 0 bridgehead atoms. The average Bonchev–Trinajstić information content (AvgIpc) is 2.94. The van der Waals surface area contributed by atoms with Gasteiger partial charge in [-0.25, -0.2) is 0 Å². The molecule has 2 aromatic rings. The highest BCUT2D eigenvalue weighted by molar-refractivity contribution is 14.0. The molecule has 23 heavy (non-hydrogen) atoms. The zero-order chi connectivity index (χ0) is 15.9. The van der Waals surface area contributed by atoms with Crippen molar-refractivity contribution in [1.29, 1.82) is 0 Å². The van der Waals surface area contributed by atoms with E-state index in [1.807, 2.05) is 36.2 Å². The first-order valence-electron chi connectivity index (χ1n) is 6.97. The summed E-state index contributed by atoms with van der Waals surface area (Å²) in [4.78, 5) is 10.4. The van der Waals surface area contributed by atoms with Crippen molar-refractivity contribution in [3.63, 3.8) is 0 Å². The van der Waals surface area contributed by atoms with Gasteiger partial charge in [-0.05, 0) is 6.07 Å². The van der Waals surface area contributed by atoms with Crippen LogP contribution in [0.3, 0.4) is 0 Å². The minimum atomic E-state index is 0. The van der Waals surface area contributed by atoms with Crippen LogP contribution < -0.4 is 10.1 Å². The topological polar surface area (TPSA) is 75.8 Å². The van der Waals surface area contributed by atoms with Crippen LogP contribution in [0.25, 0.3) is 0 Å². The zero-order valence-electron chi connectivity index (χ0n) is 13.7. The minimum absolute atomic E-state index is 0. The molecule has 0 aliphatic rings. The number of halogens is 1. The van der Waals surface area contributed by atoms with E-state index < -0.39 is 0 Å². The summed E-state index contributed by atoms with van der Waals surface area (Å²) in [6, 6.07) is 7.92. The fourth-order valence-corrected chi connectivity index (χ4v) is 2.12. The van der Waals surface area contributed by atoms with E-state index >= 15 is 0 Å². The van der Waals surface area contributed by atoms with Gasteiger partial charge in [0.2, 0.25) is 5.89 Å². The summed E-state index contributed by atoms with van der Waals surface area (Å²) in [5.74, 6) is 2.76. The Morgan fingerprint density at radius 1 is 1.39 bits per heavy atom. The van der Waals surface area contributed by atoms with Crippen LogP contribution in [-0.2, 0) is 13.1 Å². The van der Waals surface area contributed by atoms with Gasteiger partial charge in [-0.3, -0.25) is 4.99 Å². The highest BCUT2D eigenvalue weighted by atomic mass is 127. The number of hydrogen-bond acceptors (Lipinski definition) is 5. The summed E-state index contributed by atoms with van der Waals surface area (Å²) >= 11 is 0. The van der Waals surface area contributed by atoms with Crippen LogP contribution in [0.4, 0.5) is 0 Å². The summed E-state index contributed by atoms with van der Waals surface area (Å²) in [6.07, 6.45) is 0. The first-order valence-corrected chi connectivity index (χ1v) is 6.97. The molecule has 1 aromatic carbocycles. The number of benzene rings is 1. The van der Waals surface area contributed by atoms with Crippen LogP contribution in [0.5, 0.6) is 5.75 Å². The quantitative estimate of drug-likeness (QED) is 0.445. The SMILES string of the molecule is CN=C(NCc1noc(C)n1)N(C)Cc1ccccc1OC.I. The number of guanidine groups is 1. The molecule has 2 rings (SSSR count). The number of ether oxygens (including phenoxy) is 1. The molecule has 1 N–H and O–H groups in total. The molecule has 1 aromatic heterocycles. The van der Waals surface area contributed by atoms with Crippen molar-refractivity contribution in [2.45, 2.75) is 20.0 Å².